The van der Waals surface area contributed by atoms with E-state index in [0.29, 0.717) is 11.4 Å². The fraction of sp³-hybridized carbons (Fsp3) is 0.278. The van der Waals surface area contributed by atoms with Crippen LogP contribution in [0.25, 0.3) is 0 Å². The second kappa shape index (κ2) is 5.57. The highest BCUT2D eigenvalue weighted by Crippen LogP contribution is 2.32. The Morgan fingerprint density at radius 3 is 2.74 bits per heavy atom. The average molecular weight is 312 g/mol. The van der Waals surface area contributed by atoms with Gasteiger partial charge in [-0.2, -0.15) is 0 Å². The molecule has 2 aliphatic rings. The van der Waals surface area contributed by atoms with Crippen LogP contribution in [0, 0.1) is 5.82 Å². The number of nitrogens with zero attached hydrogens (tertiary/aromatic N) is 1. The third kappa shape index (κ3) is 2.74. The van der Waals surface area contributed by atoms with Gasteiger partial charge in [-0.25, -0.2) is 4.39 Å². The molecule has 4 rings (SSSR count). The maximum Gasteiger partial charge on any atom is 0.262 e. The van der Waals surface area contributed by atoms with Crippen molar-refractivity contribution < 1.29 is 13.9 Å². The lowest BCUT2D eigenvalue weighted by molar-refractivity contribution is -0.118. The predicted octanol–water partition coefficient (Wildman–Crippen LogP) is 2.76. The van der Waals surface area contributed by atoms with Crippen molar-refractivity contribution in [2.24, 2.45) is 0 Å². The highest BCUT2D eigenvalue weighted by Gasteiger charge is 2.19. The fourth-order valence-corrected chi connectivity index (χ4v) is 3.22. The van der Waals surface area contributed by atoms with E-state index in [2.05, 4.69) is 10.2 Å². The Labute approximate surface area is 133 Å². The van der Waals surface area contributed by atoms with Crippen molar-refractivity contribution in [3.8, 4) is 5.75 Å². The van der Waals surface area contributed by atoms with Crippen LogP contribution in [-0.2, 0) is 17.6 Å². The summed E-state index contributed by atoms with van der Waals surface area (Å²) in [6.07, 6.45) is 1.70. The molecule has 2 aliphatic heterocycles. The van der Waals surface area contributed by atoms with Gasteiger partial charge < -0.3 is 15.0 Å². The number of benzene rings is 2. The number of amides is 1. The zero-order valence-electron chi connectivity index (χ0n) is 12.6. The average Bonchev–Trinajstić information content (AvgIpc) is 2.76. The molecule has 118 valence electrons. The number of carbonyl (C=O) groups is 1. The number of anilines is 2. The molecular formula is C18H17FN2O2. The Morgan fingerprint density at radius 2 is 1.87 bits per heavy atom. The lowest BCUT2D eigenvalue weighted by Crippen LogP contribution is -2.28. The van der Waals surface area contributed by atoms with E-state index in [1.807, 2.05) is 24.3 Å². The lowest BCUT2D eigenvalue weighted by atomic mass is 10.0. The minimum Gasteiger partial charge on any atom is -0.482 e. The Hall–Kier alpha value is -2.56. The van der Waals surface area contributed by atoms with Crippen LogP contribution in [0.1, 0.15) is 11.1 Å². The Kier molecular flexibility index (Phi) is 3.41. The van der Waals surface area contributed by atoms with Crippen LogP contribution in [-0.4, -0.2) is 25.6 Å². The standard InChI is InChI=1S/C18H17FN2O2/c19-14-2-1-12-5-7-21(8-6-13(12)9-14)15-3-4-17-16(10-15)20-18(22)11-23-17/h1-4,9-10H,5-8,11H2,(H,20,22). The number of carbonyl (C=O) groups excluding carboxylic acids is 1. The van der Waals surface area contributed by atoms with Gasteiger partial charge in [-0.05, 0) is 54.3 Å². The first kappa shape index (κ1) is 14.1. The fourth-order valence-electron chi connectivity index (χ4n) is 3.22. The van der Waals surface area contributed by atoms with Crippen LogP contribution in [0.2, 0.25) is 0 Å². The molecule has 0 spiro atoms. The topological polar surface area (TPSA) is 41.6 Å². The molecule has 2 heterocycles. The molecule has 1 amide bonds. The van der Waals surface area contributed by atoms with Crippen molar-refractivity contribution in [3.05, 3.63) is 53.3 Å². The Morgan fingerprint density at radius 1 is 1.04 bits per heavy atom. The van der Waals surface area contributed by atoms with Gasteiger partial charge in [-0.1, -0.05) is 6.07 Å². The van der Waals surface area contributed by atoms with Crippen molar-refractivity contribution in [2.45, 2.75) is 12.8 Å². The summed E-state index contributed by atoms with van der Waals surface area (Å²) in [5, 5.41) is 2.84. The summed E-state index contributed by atoms with van der Waals surface area (Å²) in [5.41, 5.74) is 4.06. The van der Waals surface area contributed by atoms with Crippen LogP contribution in [0.4, 0.5) is 15.8 Å². The van der Waals surface area contributed by atoms with E-state index in [-0.39, 0.29) is 18.3 Å². The number of halogens is 1. The van der Waals surface area contributed by atoms with Gasteiger partial charge in [0.2, 0.25) is 0 Å². The normalized spacial score (nSPS) is 16.7. The highest BCUT2D eigenvalue weighted by molar-refractivity contribution is 5.96. The van der Waals surface area contributed by atoms with Crippen molar-refractivity contribution in [3.63, 3.8) is 0 Å². The number of nitrogens with one attached hydrogen (secondary N) is 1. The van der Waals surface area contributed by atoms with E-state index < -0.39 is 0 Å². The molecule has 0 radical (unpaired) electrons. The van der Waals surface area contributed by atoms with Gasteiger partial charge in [0.25, 0.3) is 5.91 Å². The van der Waals surface area contributed by atoms with Crippen LogP contribution in [0.15, 0.2) is 36.4 Å². The number of hydrogen-bond donors (Lipinski definition) is 1. The maximum atomic E-state index is 13.4. The van der Waals surface area contributed by atoms with Gasteiger partial charge in [-0.15, -0.1) is 0 Å². The number of fused-ring (bicyclic) bond motifs is 2. The molecule has 2 aromatic carbocycles. The monoisotopic (exact) mass is 312 g/mol. The first-order valence-corrected chi connectivity index (χ1v) is 7.78. The van der Waals surface area contributed by atoms with Crippen LogP contribution >= 0.6 is 0 Å². The highest BCUT2D eigenvalue weighted by atomic mass is 19.1. The van der Waals surface area contributed by atoms with Gasteiger partial charge in [0.1, 0.15) is 11.6 Å². The van der Waals surface area contributed by atoms with Gasteiger partial charge in [-0.3, -0.25) is 4.79 Å². The molecule has 0 aliphatic carbocycles. The molecule has 0 fully saturated rings. The summed E-state index contributed by atoms with van der Waals surface area (Å²) >= 11 is 0. The van der Waals surface area contributed by atoms with E-state index in [0.717, 1.165) is 37.2 Å². The van der Waals surface area contributed by atoms with Crippen LogP contribution < -0.4 is 15.0 Å². The molecule has 23 heavy (non-hydrogen) atoms. The third-order valence-electron chi connectivity index (χ3n) is 4.43. The molecule has 1 N–H and O–H groups in total. The van der Waals surface area contributed by atoms with Crippen molar-refractivity contribution in [2.75, 3.05) is 29.9 Å². The first-order chi connectivity index (χ1) is 11.2. The molecule has 4 nitrogen and oxygen atoms in total. The molecule has 5 heteroatoms. The summed E-state index contributed by atoms with van der Waals surface area (Å²) in [6, 6.07) is 10.9. The number of ether oxygens (including phenoxy) is 1. The van der Waals surface area contributed by atoms with Gasteiger partial charge in [0, 0.05) is 18.8 Å². The largest absolute Gasteiger partial charge is 0.482 e. The summed E-state index contributed by atoms with van der Waals surface area (Å²) in [4.78, 5) is 13.7. The molecule has 0 saturated heterocycles. The van der Waals surface area contributed by atoms with E-state index in [1.165, 1.54) is 11.6 Å². The van der Waals surface area contributed by atoms with Gasteiger partial charge in [0.05, 0.1) is 5.69 Å². The quantitative estimate of drug-likeness (QED) is 0.880. The molecule has 2 aromatic rings. The van der Waals surface area contributed by atoms with Gasteiger partial charge in [0.15, 0.2) is 6.61 Å². The second-order valence-electron chi connectivity index (χ2n) is 5.92. The number of rotatable bonds is 1. The van der Waals surface area contributed by atoms with Crippen molar-refractivity contribution in [1.29, 1.82) is 0 Å². The molecule has 0 bridgehead atoms. The molecule has 0 unspecified atom stereocenters. The van der Waals surface area contributed by atoms with Gasteiger partial charge >= 0.3 is 0 Å². The van der Waals surface area contributed by atoms with Crippen molar-refractivity contribution in [1.82, 2.24) is 0 Å². The summed E-state index contributed by atoms with van der Waals surface area (Å²) in [7, 11) is 0. The Balaban J connectivity index is 1.58. The predicted molar refractivity (Wildman–Crippen MR) is 86.6 cm³/mol. The maximum absolute atomic E-state index is 13.4. The minimum atomic E-state index is -0.175. The summed E-state index contributed by atoms with van der Waals surface area (Å²) < 4.78 is 18.8. The van der Waals surface area contributed by atoms with E-state index in [4.69, 9.17) is 4.74 Å². The second-order valence-corrected chi connectivity index (χ2v) is 5.92. The smallest absolute Gasteiger partial charge is 0.262 e. The van der Waals surface area contributed by atoms with Crippen LogP contribution in [0.3, 0.4) is 0 Å². The first-order valence-electron chi connectivity index (χ1n) is 7.78. The molecule has 0 aromatic heterocycles. The molecule has 0 atom stereocenters. The van der Waals surface area contributed by atoms with E-state index in [9.17, 15) is 9.18 Å². The molecule has 0 saturated carbocycles. The van der Waals surface area contributed by atoms with E-state index >= 15 is 0 Å². The lowest BCUT2D eigenvalue weighted by Gasteiger charge is -2.25. The summed E-state index contributed by atoms with van der Waals surface area (Å²) in [5.74, 6) is 0.396. The minimum absolute atomic E-state index is 0.0664. The Bertz CT molecular complexity index is 776. The molecular weight excluding hydrogens is 295 g/mol. The number of hydrogen-bond acceptors (Lipinski definition) is 3. The summed E-state index contributed by atoms with van der Waals surface area (Å²) in [6.45, 7) is 1.76. The third-order valence-corrected chi connectivity index (χ3v) is 4.43. The zero-order chi connectivity index (χ0) is 15.8. The SMILES string of the molecule is O=C1COc2ccc(N3CCc4ccc(F)cc4CC3)cc2N1. The van der Waals surface area contributed by atoms with E-state index in [1.54, 1.807) is 6.07 Å². The zero-order valence-corrected chi connectivity index (χ0v) is 12.6. The van der Waals surface area contributed by atoms with Crippen molar-refractivity contribution >= 4 is 17.3 Å². The van der Waals surface area contributed by atoms with Crippen LogP contribution in [0.5, 0.6) is 5.75 Å².